The second-order valence-electron chi connectivity index (χ2n) is 5.26. The Balaban J connectivity index is 2.86. The van der Waals surface area contributed by atoms with E-state index >= 15 is 0 Å². The van der Waals surface area contributed by atoms with Crippen molar-refractivity contribution in [2.75, 3.05) is 0 Å². The lowest BCUT2D eigenvalue weighted by Gasteiger charge is -2.02. The first-order valence-corrected chi connectivity index (χ1v) is 7.37. The summed E-state index contributed by atoms with van der Waals surface area (Å²) in [4.78, 5) is 11.0. The van der Waals surface area contributed by atoms with Gasteiger partial charge in [-0.25, -0.2) is 13.6 Å². The van der Waals surface area contributed by atoms with Gasteiger partial charge in [0.1, 0.15) is 0 Å². The number of carboxylic acid groups (broad SMARTS) is 1. The fourth-order valence-electron chi connectivity index (χ4n) is 2.44. The summed E-state index contributed by atoms with van der Waals surface area (Å²) in [6.07, 6.45) is 4.26. The van der Waals surface area contributed by atoms with E-state index in [0.29, 0.717) is 5.57 Å². The summed E-state index contributed by atoms with van der Waals surface area (Å²) in [7, 11) is -3.76. The number of sulfonamides is 1. The lowest BCUT2D eigenvalue weighted by atomic mass is 10.0. The first-order chi connectivity index (χ1) is 8.53. The Morgan fingerprint density at radius 2 is 1.84 bits per heavy atom. The zero-order chi connectivity index (χ0) is 15.0. The average molecular weight is 285 g/mol. The first kappa shape index (κ1) is 15.7. The minimum Gasteiger partial charge on any atom is -0.481 e. The largest absolute Gasteiger partial charge is 0.481 e. The normalized spacial score (nSPS) is 26.4. The van der Waals surface area contributed by atoms with Crippen molar-refractivity contribution in [1.29, 1.82) is 0 Å². The number of hydrogen-bond donors (Lipinski definition) is 2. The van der Waals surface area contributed by atoms with E-state index in [1.165, 1.54) is 18.2 Å². The van der Waals surface area contributed by atoms with Gasteiger partial charge in [-0.2, -0.15) is 0 Å². The summed E-state index contributed by atoms with van der Waals surface area (Å²) < 4.78 is 22.4. The lowest BCUT2D eigenvalue weighted by molar-refractivity contribution is -0.139. The fraction of sp³-hybridized carbons (Fsp3) is 0.462. The monoisotopic (exact) mass is 285 g/mol. The molecule has 6 heteroatoms. The molecular formula is C13H19NO4S. The highest BCUT2D eigenvalue weighted by Gasteiger charge is 2.62. The van der Waals surface area contributed by atoms with Crippen molar-refractivity contribution in [2.45, 2.75) is 20.8 Å². The molecule has 1 aliphatic carbocycles. The molecule has 3 N–H and O–H groups in total. The SMILES string of the molecule is C=C(/C=C\C(=C/C)S(N)(=O)=O)[C@@H]1[C@@H](C(=O)O)C1(C)C. The number of carbonyl (C=O) groups is 1. The molecule has 0 radical (unpaired) electrons. The van der Waals surface area contributed by atoms with E-state index in [2.05, 4.69) is 6.58 Å². The van der Waals surface area contributed by atoms with Gasteiger partial charge in [-0.1, -0.05) is 38.2 Å². The molecule has 0 spiro atoms. The van der Waals surface area contributed by atoms with E-state index in [9.17, 15) is 13.2 Å². The fourth-order valence-corrected chi connectivity index (χ4v) is 3.03. The van der Waals surface area contributed by atoms with Crippen molar-refractivity contribution in [1.82, 2.24) is 0 Å². The third-order valence-corrected chi connectivity index (χ3v) is 4.60. The molecule has 0 amide bonds. The van der Waals surface area contributed by atoms with E-state index in [4.69, 9.17) is 10.2 Å². The van der Waals surface area contributed by atoms with Gasteiger partial charge in [0.25, 0.3) is 0 Å². The lowest BCUT2D eigenvalue weighted by Crippen LogP contribution is -2.13. The van der Waals surface area contributed by atoms with Gasteiger partial charge in [0.2, 0.25) is 10.0 Å². The quantitative estimate of drug-likeness (QED) is 0.750. The predicted octanol–water partition coefficient (Wildman–Crippen LogP) is 1.65. The zero-order valence-electron chi connectivity index (χ0n) is 11.3. The Kier molecular flexibility index (Phi) is 4.07. The minimum absolute atomic E-state index is 0.0148. The standard InChI is InChI=1S/C13H19NO4S/c1-5-9(19(14,17)18)7-6-8(2)10-11(12(15)16)13(10,3)4/h5-7,10-11H,2H2,1,3-4H3,(H,15,16)(H2,14,17,18)/b7-6-,9-5+/t10-,11+/m1/s1. The van der Waals surface area contributed by atoms with Crippen molar-refractivity contribution >= 4 is 16.0 Å². The van der Waals surface area contributed by atoms with Gasteiger partial charge in [0.05, 0.1) is 10.8 Å². The number of carboxylic acids is 1. The molecule has 0 aromatic heterocycles. The van der Waals surface area contributed by atoms with Crippen LogP contribution >= 0.6 is 0 Å². The molecule has 0 aliphatic heterocycles. The van der Waals surface area contributed by atoms with Crippen LogP contribution in [0.1, 0.15) is 20.8 Å². The predicted molar refractivity (Wildman–Crippen MR) is 73.5 cm³/mol. The van der Waals surface area contributed by atoms with Crippen molar-refractivity contribution < 1.29 is 18.3 Å². The number of hydrogen-bond acceptors (Lipinski definition) is 3. The van der Waals surface area contributed by atoms with E-state index in [1.54, 1.807) is 6.92 Å². The second kappa shape index (κ2) is 4.94. The number of nitrogens with two attached hydrogens (primary N) is 1. The van der Waals surface area contributed by atoms with E-state index in [-0.39, 0.29) is 16.2 Å². The van der Waals surface area contributed by atoms with E-state index < -0.39 is 21.9 Å². The molecule has 5 nitrogen and oxygen atoms in total. The van der Waals surface area contributed by atoms with Crippen LogP contribution in [-0.4, -0.2) is 19.5 Å². The first-order valence-electron chi connectivity index (χ1n) is 5.82. The molecule has 0 heterocycles. The van der Waals surface area contributed by atoms with Crippen molar-refractivity contribution in [3.63, 3.8) is 0 Å². The summed E-state index contributed by atoms with van der Waals surface area (Å²) in [5.41, 5.74) is 0.241. The number of aliphatic carboxylic acids is 1. The van der Waals surface area contributed by atoms with Gasteiger partial charge < -0.3 is 5.11 Å². The van der Waals surface area contributed by atoms with Gasteiger partial charge >= 0.3 is 5.97 Å². The van der Waals surface area contributed by atoms with Crippen LogP contribution < -0.4 is 5.14 Å². The van der Waals surface area contributed by atoms with E-state index in [0.717, 1.165) is 0 Å². The van der Waals surface area contributed by atoms with Crippen LogP contribution in [0.3, 0.4) is 0 Å². The number of allylic oxidation sites excluding steroid dienone is 4. The maximum absolute atomic E-state index is 11.2. The topological polar surface area (TPSA) is 97.5 Å². The van der Waals surface area contributed by atoms with Gasteiger partial charge in [-0.3, -0.25) is 4.79 Å². The molecule has 2 atom stereocenters. The Labute approximate surface area is 113 Å². The molecular weight excluding hydrogens is 266 g/mol. The van der Waals surface area contributed by atoms with Crippen molar-refractivity contribution in [3.05, 3.63) is 35.3 Å². The Morgan fingerprint density at radius 3 is 2.16 bits per heavy atom. The van der Waals surface area contributed by atoms with Crippen molar-refractivity contribution in [3.8, 4) is 0 Å². The van der Waals surface area contributed by atoms with E-state index in [1.807, 2.05) is 13.8 Å². The highest BCUT2D eigenvalue weighted by atomic mass is 32.2. The maximum atomic E-state index is 11.2. The zero-order valence-corrected chi connectivity index (χ0v) is 12.1. The molecule has 1 aliphatic rings. The molecule has 1 fully saturated rings. The second-order valence-corrected chi connectivity index (χ2v) is 6.82. The minimum atomic E-state index is -3.76. The van der Waals surface area contributed by atoms with Gasteiger partial charge in [0.15, 0.2) is 0 Å². The van der Waals surface area contributed by atoms with Crippen LogP contribution in [-0.2, 0) is 14.8 Å². The third kappa shape index (κ3) is 3.13. The smallest absolute Gasteiger partial charge is 0.307 e. The van der Waals surface area contributed by atoms with Crippen molar-refractivity contribution in [2.24, 2.45) is 22.4 Å². The highest BCUT2D eigenvalue weighted by molar-refractivity contribution is 7.93. The van der Waals surface area contributed by atoms with Crippen LogP contribution in [0.25, 0.3) is 0 Å². The Morgan fingerprint density at radius 1 is 1.32 bits per heavy atom. The number of rotatable bonds is 5. The third-order valence-electron chi connectivity index (χ3n) is 3.57. The van der Waals surface area contributed by atoms with Gasteiger partial charge in [0, 0.05) is 5.92 Å². The molecule has 106 valence electrons. The molecule has 0 aromatic rings. The molecule has 1 saturated carbocycles. The number of primary sulfonamides is 1. The summed E-state index contributed by atoms with van der Waals surface area (Å²) in [6.45, 7) is 9.09. The van der Waals surface area contributed by atoms with Crippen LogP contribution in [0.5, 0.6) is 0 Å². The van der Waals surface area contributed by atoms with Crippen LogP contribution in [0.4, 0.5) is 0 Å². The Hall–Kier alpha value is -1.40. The summed E-state index contributed by atoms with van der Waals surface area (Å²) in [5.74, 6) is -1.52. The summed E-state index contributed by atoms with van der Waals surface area (Å²) in [6, 6.07) is 0. The summed E-state index contributed by atoms with van der Waals surface area (Å²) in [5, 5.41) is 14.1. The molecule has 0 bridgehead atoms. The Bertz CT molecular complexity index is 569. The van der Waals surface area contributed by atoms with Crippen LogP contribution in [0, 0.1) is 17.3 Å². The maximum Gasteiger partial charge on any atom is 0.307 e. The molecule has 0 aromatic carbocycles. The molecule has 19 heavy (non-hydrogen) atoms. The molecule has 0 saturated heterocycles. The van der Waals surface area contributed by atoms with Gasteiger partial charge in [-0.05, 0) is 18.4 Å². The molecule has 1 rings (SSSR count). The highest BCUT2D eigenvalue weighted by Crippen LogP contribution is 2.61. The molecule has 0 unspecified atom stereocenters. The summed E-state index contributed by atoms with van der Waals surface area (Å²) >= 11 is 0. The van der Waals surface area contributed by atoms with Gasteiger partial charge in [-0.15, -0.1) is 0 Å². The van der Waals surface area contributed by atoms with Crippen LogP contribution in [0.2, 0.25) is 0 Å². The van der Waals surface area contributed by atoms with Crippen LogP contribution in [0.15, 0.2) is 35.3 Å². The average Bonchev–Trinajstić information content (AvgIpc) is 2.80.